The Morgan fingerprint density at radius 3 is 2.80 bits per heavy atom. The lowest BCUT2D eigenvalue weighted by Gasteiger charge is -2.11. The van der Waals surface area contributed by atoms with E-state index < -0.39 is 0 Å². The van der Waals surface area contributed by atoms with Crippen molar-refractivity contribution in [2.75, 3.05) is 0 Å². The first-order chi connectivity index (χ1) is 7.06. The highest BCUT2D eigenvalue weighted by atomic mass is 79.9. The lowest BCUT2D eigenvalue weighted by Crippen LogP contribution is -2.05. The lowest BCUT2D eigenvalue weighted by molar-refractivity contribution is -0.116. The van der Waals surface area contributed by atoms with E-state index in [9.17, 15) is 4.79 Å². The fraction of sp³-hybridized carbons (Fsp3) is 0.333. The molecule has 0 N–H and O–H groups in total. The van der Waals surface area contributed by atoms with Gasteiger partial charge in [0.1, 0.15) is 5.78 Å². The van der Waals surface area contributed by atoms with E-state index in [2.05, 4.69) is 22.0 Å². The number of rotatable bonds is 3. The Hall–Kier alpha value is -1.14. The molecule has 0 amide bonds. The fourth-order valence-electron chi connectivity index (χ4n) is 1.42. The van der Waals surface area contributed by atoms with Gasteiger partial charge in [-0.2, -0.15) is 5.26 Å². The zero-order chi connectivity index (χ0) is 11.4. The van der Waals surface area contributed by atoms with Crippen LogP contribution in [0.4, 0.5) is 0 Å². The van der Waals surface area contributed by atoms with Gasteiger partial charge < -0.3 is 0 Å². The van der Waals surface area contributed by atoms with Gasteiger partial charge in [0.25, 0.3) is 0 Å². The Kier molecular flexibility index (Phi) is 4.05. The molecule has 78 valence electrons. The molecule has 0 aliphatic heterocycles. The predicted octanol–water partition coefficient (Wildman–Crippen LogP) is 3.09. The number of aryl methyl sites for hydroxylation is 1. The summed E-state index contributed by atoms with van der Waals surface area (Å²) in [7, 11) is 0. The van der Waals surface area contributed by atoms with Crippen molar-refractivity contribution in [3.8, 4) is 6.07 Å². The number of alkyl halides is 1. The van der Waals surface area contributed by atoms with Crippen LogP contribution < -0.4 is 0 Å². The second-order valence-corrected chi connectivity index (χ2v) is 4.43. The largest absolute Gasteiger partial charge is 0.298 e. The molecule has 0 aromatic heterocycles. The number of hydrogen-bond donors (Lipinski definition) is 0. The normalized spacial score (nSPS) is 11.9. The Labute approximate surface area is 98.0 Å². The van der Waals surface area contributed by atoms with Gasteiger partial charge in [0.2, 0.25) is 0 Å². The van der Waals surface area contributed by atoms with Gasteiger partial charge in [0.05, 0.1) is 17.3 Å². The summed E-state index contributed by atoms with van der Waals surface area (Å²) in [4.78, 5) is 11.0. The second kappa shape index (κ2) is 5.09. The minimum atomic E-state index is -0.305. The second-order valence-electron chi connectivity index (χ2n) is 3.51. The lowest BCUT2D eigenvalue weighted by atomic mass is 9.98. The van der Waals surface area contributed by atoms with E-state index in [-0.39, 0.29) is 10.6 Å². The topological polar surface area (TPSA) is 40.9 Å². The molecule has 1 rings (SSSR count). The smallest absolute Gasteiger partial charge is 0.147 e. The molecule has 0 radical (unpaired) electrons. The summed E-state index contributed by atoms with van der Waals surface area (Å²) in [6.45, 7) is 3.51. The molecule has 0 saturated heterocycles. The highest BCUT2D eigenvalue weighted by Crippen LogP contribution is 2.28. The minimum absolute atomic E-state index is 0.0554. The summed E-state index contributed by atoms with van der Waals surface area (Å²) in [5.41, 5.74) is 2.92. The Morgan fingerprint density at radius 2 is 2.27 bits per heavy atom. The molecule has 3 heteroatoms. The maximum atomic E-state index is 11.3. The van der Waals surface area contributed by atoms with Crippen LogP contribution in [-0.2, 0) is 11.2 Å². The van der Waals surface area contributed by atoms with E-state index in [0.29, 0.717) is 6.42 Å². The number of nitriles is 1. The van der Waals surface area contributed by atoms with Gasteiger partial charge in [0.15, 0.2) is 0 Å². The highest BCUT2D eigenvalue weighted by molar-refractivity contribution is 9.09. The SMILES string of the molecule is CC(=O)C(Br)c1cc(C)ccc1CC#N. The van der Waals surface area contributed by atoms with Crippen LogP contribution in [0, 0.1) is 18.3 Å². The van der Waals surface area contributed by atoms with Crippen LogP contribution in [0.3, 0.4) is 0 Å². The van der Waals surface area contributed by atoms with Gasteiger partial charge in [-0.1, -0.05) is 39.7 Å². The van der Waals surface area contributed by atoms with Gasteiger partial charge in [0, 0.05) is 0 Å². The minimum Gasteiger partial charge on any atom is -0.298 e. The van der Waals surface area contributed by atoms with Crippen molar-refractivity contribution < 1.29 is 4.79 Å². The summed E-state index contributed by atoms with van der Waals surface area (Å²) < 4.78 is 0. The third-order valence-electron chi connectivity index (χ3n) is 2.20. The van der Waals surface area contributed by atoms with Crippen LogP contribution in [0.2, 0.25) is 0 Å². The molecule has 0 fully saturated rings. The van der Waals surface area contributed by atoms with Gasteiger partial charge >= 0.3 is 0 Å². The number of Topliss-reactive ketones (excluding diaryl/α,β-unsaturated/α-hetero) is 1. The van der Waals surface area contributed by atoms with E-state index >= 15 is 0 Å². The number of carbonyl (C=O) groups is 1. The molecular formula is C12H12BrNO. The Morgan fingerprint density at radius 1 is 1.60 bits per heavy atom. The van der Waals surface area contributed by atoms with Crippen LogP contribution >= 0.6 is 15.9 Å². The molecule has 1 unspecified atom stereocenters. The average molecular weight is 266 g/mol. The molecule has 0 saturated carbocycles. The predicted molar refractivity (Wildman–Crippen MR) is 62.8 cm³/mol. The molecule has 15 heavy (non-hydrogen) atoms. The monoisotopic (exact) mass is 265 g/mol. The summed E-state index contributed by atoms with van der Waals surface area (Å²) in [6.07, 6.45) is 0.338. The number of carbonyl (C=O) groups excluding carboxylic acids is 1. The number of halogens is 1. The first kappa shape index (κ1) is 11.9. The Bertz CT molecular complexity index is 420. The van der Waals surface area contributed by atoms with Crippen molar-refractivity contribution >= 4 is 21.7 Å². The van der Waals surface area contributed by atoms with Crippen molar-refractivity contribution in [2.45, 2.75) is 25.1 Å². The summed E-state index contributed by atoms with van der Waals surface area (Å²) in [5, 5.41) is 8.68. The molecule has 2 nitrogen and oxygen atoms in total. The molecule has 1 aromatic rings. The quantitative estimate of drug-likeness (QED) is 0.789. The number of hydrogen-bond acceptors (Lipinski definition) is 2. The van der Waals surface area contributed by atoms with E-state index in [1.165, 1.54) is 6.92 Å². The van der Waals surface area contributed by atoms with Crippen molar-refractivity contribution in [2.24, 2.45) is 0 Å². The molecule has 0 heterocycles. The van der Waals surface area contributed by atoms with Crippen molar-refractivity contribution in [3.05, 3.63) is 34.9 Å². The summed E-state index contributed by atoms with van der Waals surface area (Å²) in [5.74, 6) is 0.0554. The van der Waals surface area contributed by atoms with Crippen LogP contribution in [0.25, 0.3) is 0 Å². The third kappa shape index (κ3) is 2.90. The number of ketones is 1. The number of nitrogens with zero attached hydrogens (tertiary/aromatic N) is 1. The van der Waals surface area contributed by atoms with Crippen LogP contribution in [0.1, 0.15) is 28.4 Å². The van der Waals surface area contributed by atoms with Crippen LogP contribution in [0.5, 0.6) is 0 Å². The first-order valence-corrected chi connectivity index (χ1v) is 5.58. The molecule has 0 spiro atoms. The maximum absolute atomic E-state index is 11.3. The van der Waals surface area contributed by atoms with Gasteiger partial charge in [-0.05, 0) is 25.0 Å². The van der Waals surface area contributed by atoms with E-state index in [1.54, 1.807) is 0 Å². The molecule has 0 aliphatic rings. The fourth-order valence-corrected chi connectivity index (χ4v) is 1.84. The van der Waals surface area contributed by atoms with Crippen LogP contribution in [-0.4, -0.2) is 5.78 Å². The highest BCUT2D eigenvalue weighted by Gasteiger charge is 2.16. The molecular weight excluding hydrogens is 254 g/mol. The summed E-state index contributed by atoms with van der Waals surface area (Å²) >= 11 is 3.35. The third-order valence-corrected chi connectivity index (χ3v) is 3.34. The molecule has 0 bridgehead atoms. The van der Waals surface area contributed by atoms with Crippen LogP contribution in [0.15, 0.2) is 18.2 Å². The molecule has 0 aliphatic carbocycles. The maximum Gasteiger partial charge on any atom is 0.147 e. The van der Waals surface area contributed by atoms with E-state index in [0.717, 1.165) is 16.7 Å². The van der Waals surface area contributed by atoms with Gasteiger partial charge in [-0.15, -0.1) is 0 Å². The molecule has 1 atom stereocenters. The Balaban J connectivity index is 3.18. The summed E-state index contributed by atoms with van der Waals surface area (Å²) in [6, 6.07) is 7.92. The number of benzene rings is 1. The van der Waals surface area contributed by atoms with Gasteiger partial charge in [-0.3, -0.25) is 4.79 Å². The first-order valence-electron chi connectivity index (χ1n) is 4.67. The van der Waals surface area contributed by atoms with E-state index in [4.69, 9.17) is 5.26 Å². The molecule has 1 aromatic carbocycles. The van der Waals surface area contributed by atoms with Crippen molar-refractivity contribution in [1.29, 1.82) is 5.26 Å². The van der Waals surface area contributed by atoms with Crippen molar-refractivity contribution in [1.82, 2.24) is 0 Å². The average Bonchev–Trinajstić information content (AvgIpc) is 2.20. The zero-order valence-electron chi connectivity index (χ0n) is 8.75. The van der Waals surface area contributed by atoms with Crippen molar-refractivity contribution in [3.63, 3.8) is 0 Å². The zero-order valence-corrected chi connectivity index (χ0v) is 10.3. The standard InChI is InChI=1S/C12H12BrNO/c1-8-3-4-10(5-6-14)11(7-8)12(13)9(2)15/h3-4,7,12H,5H2,1-2H3. The van der Waals surface area contributed by atoms with E-state index in [1.807, 2.05) is 25.1 Å². The van der Waals surface area contributed by atoms with Gasteiger partial charge in [-0.25, -0.2) is 0 Å².